The van der Waals surface area contributed by atoms with Gasteiger partial charge >= 0.3 is 15.4 Å². The van der Waals surface area contributed by atoms with Gasteiger partial charge < -0.3 is 119 Å². The summed E-state index contributed by atoms with van der Waals surface area (Å²) in [6.45, 7) is -1.25. The van der Waals surface area contributed by atoms with Crippen LogP contribution >= 0.6 is 15.4 Å². The van der Waals surface area contributed by atoms with E-state index in [4.69, 9.17) is 60.9 Å². The van der Waals surface area contributed by atoms with Crippen molar-refractivity contribution < 1.29 is 135 Å². The third-order valence-electron chi connectivity index (χ3n) is 9.82. The second kappa shape index (κ2) is 36.5. The maximum Gasteiger partial charge on any atom is 0.472 e. The number of nitrogens with one attached hydrogen (secondary N) is 4. The maximum atomic E-state index is 12.6. The van der Waals surface area contributed by atoms with Gasteiger partial charge in [0.05, 0.1) is 131 Å². The fourth-order valence-corrected chi connectivity index (χ4v) is 7.59. The summed E-state index contributed by atoms with van der Waals surface area (Å²) >= 11 is 0. The smallest absolute Gasteiger partial charge is 0.394 e. The normalized spacial score (nSPS) is 26.7. The van der Waals surface area contributed by atoms with E-state index in [2.05, 4.69) is 21.3 Å². The van der Waals surface area contributed by atoms with Gasteiger partial charge in [0.1, 0.15) is 61.9 Å². The quantitative estimate of drug-likeness (QED) is 0.0200. The number of carbonyl (C=O) groups is 4. The van der Waals surface area contributed by atoms with E-state index < -0.39 is 165 Å². The highest BCUT2D eigenvalue weighted by molar-refractivity contribution is 7.51. The minimum atomic E-state index is -4.92. The summed E-state index contributed by atoms with van der Waals surface area (Å²) in [4.78, 5) is 67.7. The summed E-state index contributed by atoms with van der Waals surface area (Å²) in [5.41, 5.74) is 0. The first-order chi connectivity index (χ1) is 34.6. The highest BCUT2D eigenvalue weighted by Crippen LogP contribution is 2.43. The van der Waals surface area contributed by atoms with Gasteiger partial charge in [0.2, 0.25) is 23.6 Å². The molecule has 34 heteroatoms. The monoisotopic (exact) mass is 1110 g/mol. The number of hydrogen-bond donors (Lipinski definition) is 13. The Hall–Kier alpha value is -2.54. The lowest BCUT2D eigenvalue weighted by atomic mass is 9.97. The van der Waals surface area contributed by atoms with Crippen molar-refractivity contribution >= 4 is 39.0 Å². The number of rotatable bonds is 40. The van der Waals surface area contributed by atoms with Crippen LogP contribution in [0.3, 0.4) is 0 Å². The molecule has 4 unspecified atom stereocenters. The van der Waals surface area contributed by atoms with Gasteiger partial charge in [-0.25, -0.2) is 4.57 Å². The molecule has 0 aromatic rings. The maximum absolute atomic E-state index is 12.6. The molecule has 0 aromatic carbocycles. The minimum Gasteiger partial charge on any atom is -0.394 e. The van der Waals surface area contributed by atoms with Gasteiger partial charge in [-0.3, -0.25) is 32.8 Å². The van der Waals surface area contributed by atoms with Gasteiger partial charge in [-0.15, -0.1) is 0 Å². The molecule has 0 spiro atoms. The molecule has 2 fully saturated rings. The lowest BCUT2D eigenvalue weighted by Crippen LogP contribution is -2.64. The number of aliphatic hydroxyl groups is 7. The SMILES string of the molecule is CC(=O)N[C@H]1[C@H](OCCOCCOCCOCC(=O)NC(CO)COP(=O)(O)OCC(COP(C)(=O)O)NC(=O)COCCOCCOCCO[C@@H]2O[C@H](CO)[C@H](O)[C@H](O)[C@H]2NC(C)=O)O[C@H](CO)[C@H](O)[C@@H]1O. The van der Waals surface area contributed by atoms with Gasteiger partial charge in [-0.05, 0) is 0 Å². The first-order valence-electron chi connectivity index (χ1n) is 22.9. The number of phosphoric ester groups is 1. The number of carbonyl (C=O) groups excluding carboxylic acids is 4. The van der Waals surface area contributed by atoms with E-state index in [-0.39, 0.29) is 79.3 Å². The highest BCUT2D eigenvalue weighted by atomic mass is 31.2. The van der Waals surface area contributed by atoms with E-state index >= 15 is 0 Å². The summed E-state index contributed by atoms with van der Waals surface area (Å²) in [5, 5.41) is 78.9. The molecule has 0 aliphatic carbocycles. The van der Waals surface area contributed by atoms with Gasteiger partial charge in [0, 0.05) is 20.5 Å². The van der Waals surface area contributed by atoms with Crippen LogP contribution in [0.1, 0.15) is 13.8 Å². The van der Waals surface area contributed by atoms with Gasteiger partial charge in [-0.1, -0.05) is 0 Å². The number of phosphoric acid groups is 1. The Morgan fingerprint density at radius 3 is 1.22 bits per heavy atom. The van der Waals surface area contributed by atoms with E-state index in [1.807, 2.05) is 0 Å². The zero-order chi connectivity index (χ0) is 54.4. The molecule has 0 saturated carbocycles. The van der Waals surface area contributed by atoms with Crippen molar-refractivity contribution in [2.24, 2.45) is 0 Å². The van der Waals surface area contributed by atoms with Crippen molar-refractivity contribution in [1.82, 2.24) is 21.3 Å². The molecule has 0 aromatic heterocycles. The molecule has 0 bridgehead atoms. The second-order valence-corrected chi connectivity index (χ2v) is 19.4. The van der Waals surface area contributed by atoms with Crippen LogP contribution in [0.4, 0.5) is 0 Å². The zero-order valence-corrected chi connectivity index (χ0v) is 42.5. The first-order valence-corrected chi connectivity index (χ1v) is 26.4. The molecule has 2 aliphatic rings. The number of amides is 4. The molecule has 2 heterocycles. The highest BCUT2D eigenvalue weighted by Gasteiger charge is 2.46. The molecule has 4 amide bonds. The average Bonchev–Trinajstić information content (AvgIpc) is 3.33. The molecule has 14 atom stereocenters. The van der Waals surface area contributed by atoms with Gasteiger partial charge in [-0.2, -0.15) is 0 Å². The fourth-order valence-electron chi connectivity index (χ4n) is 6.33. The topological polar surface area (TPSA) is 453 Å². The van der Waals surface area contributed by atoms with E-state index in [0.29, 0.717) is 0 Å². The molecule has 2 aliphatic heterocycles. The molecule has 32 nitrogen and oxygen atoms in total. The van der Waals surface area contributed by atoms with Crippen LogP contribution in [0.25, 0.3) is 0 Å². The third kappa shape index (κ3) is 28.4. The average molecular weight is 1110 g/mol. The molecule has 13 N–H and O–H groups in total. The van der Waals surface area contributed by atoms with Gasteiger partial charge in [0.25, 0.3) is 0 Å². The summed E-state index contributed by atoms with van der Waals surface area (Å²) < 4.78 is 93.0. The standard InChI is InChI=1S/C39H74N4O28P2/c1-24(47)40-32-36(53)34(51)28(17-45)70-38(32)65-14-12-61-6-4-59-8-10-63-22-30(49)42-26(16-44)19-68-73(57,58)69-21-27(20-67-72(3,55)56)43-31(50)23-64-11-9-60-5-7-62-13-15-66-39-33(41-25(2)48)37(54)35(52)29(18-46)71-39/h26-29,32-39,44-46,51-54H,4-23H2,1-3H3,(H,40,47)(H,41,48)(H,42,49)(H,43,50)(H,55,56)(H,57,58)/t26?,27?,28-,29-,32-,33-,34+,35+,36-,37-,38-,39-/m1/s1. The summed E-state index contributed by atoms with van der Waals surface area (Å²) in [7, 11) is -9.00. The molecular weight excluding hydrogens is 1030 g/mol. The molecular formula is C39H74N4O28P2. The molecule has 73 heavy (non-hydrogen) atoms. The lowest BCUT2D eigenvalue weighted by molar-refractivity contribution is -0.272. The second-order valence-electron chi connectivity index (χ2n) is 16.0. The summed E-state index contributed by atoms with van der Waals surface area (Å²) in [5.74, 6) is -2.49. The number of hydrogen-bond acceptors (Lipinski definition) is 26. The van der Waals surface area contributed by atoms with Crippen LogP contribution in [0.15, 0.2) is 0 Å². The van der Waals surface area contributed by atoms with Crippen LogP contribution in [0.5, 0.6) is 0 Å². The molecule has 428 valence electrons. The Labute approximate surface area is 420 Å². The zero-order valence-electron chi connectivity index (χ0n) is 40.7. The van der Waals surface area contributed by atoms with Crippen LogP contribution < -0.4 is 21.3 Å². The Morgan fingerprint density at radius 2 is 0.863 bits per heavy atom. The molecule has 2 saturated heterocycles. The minimum absolute atomic E-state index is 0.0265. The predicted molar refractivity (Wildman–Crippen MR) is 242 cm³/mol. The number of aliphatic hydroxyl groups excluding tert-OH is 7. The van der Waals surface area contributed by atoms with Crippen molar-refractivity contribution in [3.63, 3.8) is 0 Å². The summed E-state index contributed by atoms with van der Waals surface area (Å²) in [6.07, 6.45) is -10.4. The van der Waals surface area contributed by atoms with E-state index in [1.54, 1.807) is 0 Å². The van der Waals surface area contributed by atoms with Crippen LogP contribution in [-0.4, -0.2) is 281 Å². The van der Waals surface area contributed by atoms with Gasteiger partial charge in [0.15, 0.2) is 12.6 Å². The Balaban J connectivity index is 1.59. The fraction of sp³-hybridized carbons (Fsp3) is 0.897. The predicted octanol–water partition coefficient (Wildman–Crippen LogP) is -7.07. The third-order valence-corrected chi connectivity index (χ3v) is 11.4. The summed E-state index contributed by atoms with van der Waals surface area (Å²) in [6, 6.07) is -4.65. The van der Waals surface area contributed by atoms with Crippen molar-refractivity contribution in [3.8, 4) is 0 Å². The van der Waals surface area contributed by atoms with Crippen LogP contribution in [0.2, 0.25) is 0 Å². The van der Waals surface area contributed by atoms with E-state index in [1.165, 1.54) is 13.8 Å². The molecule has 0 radical (unpaired) electrons. The first kappa shape index (κ1) is 66.6. The van der Waals surface area contributed by atoms with E-state index in [9.17, 15) is 73.8 Å². The van der Waals surface area contributed by atoms with Crippen molar-refractivity contribution in [2.45, 2.75) is 87.2 Å². The van der Waals surface area contributed by atoms with Crippen LogP contribution in [-0.2, 0) is 89.2 Å². The van der Waals surface area contributed by atoms with E-state index in [0.717, 1.165) is 6.66 Å². The van der Waals surface area contributed by atoms with Crippen LogP contribution in [0, 0.1) is 0 Å². The lowest BCUT2D eigenvalue weighted by Gasteiger charge is -2.42. The van der Waals surface area contributed by atoms with Crippen molar-refractivity contribution in [3.05, 3.63) is 0 Å². The Kier molecular flexibility index (Phi) is 33.3. The number of ether oxygens (including phenoxy) is 10. The van der Waals surface area contributed by atoms with Crippen molar-refractivity contribution in [1.29, 1.82) is 0 Å². The Bertz CT molecular complexity index is 1670. The Morgan fingerprint density at radius 1 is 0.521 bits per heavy atom. The van der Waals surface area contributed by atoms with Crippen molar-refractivity contribution in [2.75, 3.05) is 139 Å². The largest absolute Gasteiger partial charge is 0.472 e. The molecule has 2 rings (SSSR count).